The van der Waals surface area contributed by atoms with Crippen LogP contribution in [0.2, 0.25) is 0 Å². The molecule has 3 nitrogen and oxygen atoms in total. The second-order valence-electron chi connectivity index (χ2n) is 0.636. The first-order chi connectivity index (χ1) is 2.77. The highest BCUT2D eigenvalue weighted by molar-refractivity contribution is 14.1. The molecule has 0 aliphatic heterocycles. The third-order valence-corrected chi connectivity index (χ3v) is 1.13. The molecule has 0 fully saturated rings. The number of carboxylic acid groups (broad SMARTS) is 1. The van der Waals surface area contributed by atoms with Gasteiger partial charge in [0.25, 0.3) is 0 Å². The average Bonchev–Trinajstić information content (AvgIpc) is 1.35. The minimum atomic E-state index is -1.28. The minimum absolute atomic E-state index is 0.154. The van der Waals surface area contributed by atoms with E-state index in [0.717, 1.165) is 0 Å². The maximum atomic E-state index is 9.47. The van der Waals surface area contributed by atoms with Crippen LogP contribution in [0.25, 0.3) is 0 Å². The van der Waals surface area contributed by atoms with Crippen LogP contribution in [0.5, 0.6) is 0 Å². The van der Waals surface area contributed by atoms with Crippen LogP contribution in [0, 0.1) is 0 Å². The zero-order valence-corrected chi connectivity index (χ0v) is 5.01. The van der Waals surface area contributed by atoms with Crippen LogP contribution in [0.3, 0.4) is 0 Å². The number of aliphatic carboxylic acids is 1. The van der Waals surface area contributed by atoms with Crippen molar-refractivity contribution in [3.8, 4) is 0 Å². The fraction of sp³-hybridized carbons (Fsp3) is 0.500. The summed E-state index contributed by atoms with van der Waals surface area (Å²) >= 11 is -1.28. The summed E-state index contributed by atoms with van der Waals surface area (Å²) in [7, 11) is 0. The summed E-state index contributed by atoms with van der Waals surface area (Å²) in [6.07, 6.45) is 0. The van der Waals surface area contributed by atoms with Gasteiger partial charge in [-0.3, -0.25) is 7.86 Å². The Morgan fingerprint density at radius 2 is 2.33 bits per heavy atom. The van der Waals surface area contributed by atoms with Gasteiger partial charge in [0.1, 0.15) is 4.43 Å². The van der Waals surface area contributed by atoms with Crippen molar-refractivity contribution in [1.29, 1.82) is 0 Å². The molecule has 0 amide bonds. The molecule has 0 aliphatic carbocycles. The molecule has 0 unspecified atom stereocenters. The highest BCUT2D eigenvalue weighted by Crippen LogP contribution is 1.87. The predicted octanol–water partition coefficient (Wildman–Crippen LogP) is 0.387. The first-order valence-electron chi connectivity index (χ1n) is 1.20. The molecule has 4 heteroatoms. The van der Waals surface area contributed by atoms with Gasteiger partial charge in [0.15, 0.2) is 21.2 Å². The van der Waals surface area contributed by atoms with Crippen molar-refractivity contribution in [3.05, 3.63) is 0 Å². The summed E-state index contributed by atoms with van der Waals surface area (Å²) in [5.41, 5.74) is 0. The fourth-order valence-electron chi connectivity index (χ4n) is 0.0467. The first-order valence-corrected chi connectivity index (χ1v) is 3.61. The maximum absolute atomic E-state index is 9.47. The molecule has 1 N–H and O–H groups in total. The van der Waals surface area contributed by atoms with E-state index >= 15 is 0 Å². The second kappa shape index (κ2) is 3.20. The standard InChI is InChI=1S/C2H3IO3/c4-2(5)1-3-6/h1H2,(H,4,5). The molecule has 0 saturated carbocycles. The number of carboxylic acids is 1. The van der Waals surface area contributed by atoms with E-state index in [1.54, 1.807) is 0 Å². The van der Waals surface area contributed by atoms with Gasteiger partial charge in [0, 0.05) is 0 Å². The monoisotopic (exact) mass is 202 g/mol. The Kier molecular flexibility index (Phi) is 3.20. The second-order valence-corrected chi connectivity index (χ2v) is 2.02. The van der Waals surface area contributed by atoms with Crippen LogP contribution >= 0.6 is 21.2 Å². The molecular weight excluding hydrogens is 199 g/mol. The van der Waals surface area contributed by atoms with Gasteiger partial charge in [0.2, 0.25) is 0 Å². The van der Waals surface area contributed by atoms with Crippen molar-refractivity contribution in [3.63, 3.8) is 0 Å². The van der Waals surface area contributed by atoms with Crippen LogP contribution in [-0.4, -0.2) is 15.5 Å². The van der Waals surface area contributed by atoms with E-state index in [-0.39, 0.29) is 4.43 Å². The fourth-order valence-corrected chi connectivity index (χ4v) is 0.313. The van der Waals surface area contributed by atoms with Gasteiger partial charge in [-0.1, -0.05) is 0 Å². The molecule has 0 saturated heterocycles. The molecule has 0 radical (unpaired) electrons. The number of carbonyl (C=O) groups is 1. The van der Waals surface area contributed by atoms with Crippen molar-refractivity contribution in [2.75, 3.05) is 4.43 Å². The van der Waals surface area contributed by atoms with Gasteiger partial charge in [-0.15, -0.1) is 0 Å². The molecule has 0 atom stereocenters. The molecule has 0 aliphatic rings. The molecule has 0 bridgehead atoms. The number of alkyl halides is 1. The Hall–Kier alpha value is 0. The minimum Gasteiger partial charge on any atom is -0.481 e. The quantitative estimate of drug-likeness (QED) is 0.520. The van der Waals surface area contributed by atoms with E-state index in [4.69, 9.17) is 5.11 Å². The third-order valence-electron chi connectivity index (χ3n) is 0.169. The van der Waals surface area contributed by atoms with Gasteiger partial charge >= 0.3 is 5.97 Å². The SMILES string of the molecule is O=ICC(=O)O. The zero-order chi connectivity index (χ0) is 4.99. The summed E-state index contributed by atoms with van der Waals surface area (Å²) in [6.45, 7) is 0. The largest absolute Gasteiger partial charge is 0.481 e. The summed E-state index contributed by atoms with van der Waals surface area (Å²) in [4.78, 5) is 9.43. The van der Waals surface area contributed by atoms with Gasteiger partial charge in [-0.25, -0.2) is 0 Å². The Bertz CT molecular complexity index is 69.2. The number of halogens is 1. The van der Waals surface area contributed by atoms with E-state index in [9.17, 15) is 7.86 Å². The average molecular weight is 202 g/mol. The normalized spacial score (nSPS) is 8.00. The molecule has 0 aromatic rings. The zero-order valence-electron chi connectivity index (χ0n) is 2.85. The van der Waals surface area contributed by atoms with Crippen LogP contribution in [0.15, 0.2) is 0 Å². The van der Waals surface area contributed by atoms with Gasteiger partial charge in [-0.05, 0) is 0 Å². The summed E-state index contributed by atoms with van der Waals surface area (Å²) in [5.74, 6) is -0.974. The molecule has 0 spiro atoms. The Morgan fingerprint density at radius 1 is 1.83 bits per heavy atom. The highest BCUT2D eigenvalue weighted by Gasteiger charge is 1.89. The molecule has 0 heterocycles. The molecule has 36 valence electrons. The number of hydrogen-bond donors (Lipinski definition) is 1. The van der Waals surface area contributed by atoms with Gasteiger partial charge < -0.3 is 5.11 Å². The van der Waals surface area contributed by atoms with E-state index in [0.29, 0.717) is 0 Å². The highest BCUT2D eigenvalue weighted by atomic mass is 127. The number of hydrogen-bond acceptors (Lipinski definition) is 2. The van der Waals surface area contributed by atoms with E-state index in [2.05, 4.69) is 0 Å². The Labute approximate surface area is 45.0 Å². The Morgan fingerprint density at radius 3 is 2.33 bits per heavy atom. The van der Waals surface area contributed by atoms with E-state index in [1.165, 1.54) is 0 Å². The lowest BCUT2D eigenvalue weighted by Gasteiger charge is -1.70. The van der Waals surface area contributed by atoms with Crippen LogP contribution in [0.4, 0.5) is 0 Å². The molecular formula is C2H3IO3. The summed E-state index contributed by atoms with van der Waals surface area (Å²) in [6, 6.07) is 0. The molecule has 0 aromatic heterocycles. The molecule has 6 heavy (non-hydrogen) atoms. The lowest BCUT2D eigenvalue weighted by molar-refractivity contribution is -0.133. The predicted molar refractivity (Wildman–Crippen MR) is 27.2 cm³/mol. The number of rotatable bonds is 2. The van der Waals surface area contributed by atoms with Crippen molar-refractivity contribution >= 4 is 27.2 Å². The van der Waals surface area contributed by atoms with Crippen LogP contribution < -0.4 is 0 Å². The Balaban J connectivity index is 3.05. The van der Waals surface area contributed by atoms with Crippen molar-refractivity contribution < 1.29 is 13.0 Å². The van der Waals surface area contributed by atoms with Gasteiger partial charge in [0.05, 0.1) is 0 Å². The molecule has 0 rings (SSSR count). The lowest BCUT2D eigenvalue weighted by atomic mass is 10.9. The van der Waals surface area contributed by atoms with Crippen molar-refractivity contribution in [2.45, 2.75) is 0 Å². The van der Waals surface area contributed by atoms with E-state index in [1.807, 2.05) is 0 Å². The van der Waals surface area contributed by atoms with Crippen molar-refractivity contribution in [2.24, 2.45) is 0 Å². The smallest absolute Gasteiger partial charge is 0.316 e. The van der Waals surface area contributed by atoms with Crippen LogP contribution in [0.1, 0.15) is 0 Å². The lowest BCUT2D eigenvalue weighted by Crippen LogP contribution is -1.92. The molecule has 0 aromatic carbocycles. The first kappa shape index (κ1) is 6.00. The van der Waals surface area contributed by atoms with E-state index < -0.39 is 27.2 Å². The third kappa shape index (κ3) is 4.00. The van der Waals surface area contributed by atoms with Gasteiger partial charge in [-0.2, -0.15) is 0 Å². The summed E-state index contributed by atoms with van der Waals surface area (Å²) < 4.78 is 9.32. The van der Waals surface area contributed by atoms with Crippen LogP contribution in [-0.2, 0) is 7.86 Å². The summed E-state index contributed by atoms with van der Waals surface area (Å²) in [5, 5.41) is 7.74. The topological polar surface area (TPSA) is 54.4 Å². The maximum Gasteiger partial charge on any atom is 0.316 e. The van der Waals surface area contributed by atoms with Crippen molar-refractivity contribution in [1.82, 2.24) is 0 Å².